The molecule has 0 atom stereocenters. The molecule has 2 heterocycles. The van der Waals surface area contributed by atoms with Gasteiger partial charge in [-0.05, 0) is 54.0 Å². The first-order valence-corrected chi connectivity index (χ1v) is 8.59. The highest BCUT2D eigenvalue weighted by Gasteiger charge is 2.20. The van der Waals surface area contributed by atoms with E-state index >= 15 is 0 Å². The van der Waals surface area contributed by atoms with E-state index in [0.717, 1.165) is 29.1 Å². The maximum Gasteiger partial charge on any atom is 0.261 e. The molecule has 0 amide bonds. The van der Waals surface area contributed by atoms with E-state index in [-0.39, 0.29) is 5.56 Å². The Morgan fingerprint density at radius 2 is 1.92 bits per heavy atom. The van der Waals surface area contributed by atoms with Crippen LogP contribution in [-0.4, -0.2) is 23.6 Å². The molecule has 126 valence electrons. The zero-order valence-electron chi connectivity index (χ0n) is 14.2. The summed E-state index contributed by atoms with van der Waals surface area (Å²) in [5.74, 6) is 0.761. The van der Waals surface area contributed by atoms with Gasteiger partial charge in [-0.15, -0.1) is 0 Å². The number of aromatic nitrogens is 2. The maximum atomic E-state index is 12.7. The second-order valence-corrected chi connectivity index (χ2v) is 6.90. The van der Waals surface area contributed by atoms with E-state index in [1.807, 2.05) is 20.2 Å². The van der Waals surface area contributed by atoms with Crippen LogP contribution in [0.1, 0.15) is 17.8 Å². The second kappa shape index (κ2) is 6.05. The minimum absolute atomic E-state index is 0.0196. The largest absolute Gasteiger partial charge is 0.378 e. The van der Waals surface area contributed by atoms with Gasteiger partial charge >= 0.3 is 0 Å². The van der Waals surface area contributed by atoms with E-state index in [1.54, 1.807) is 16.7 Å². The van der Waals surface area contributed by atoms with Crippen LogP contribution in [0.15, 0.2) is 47.3 Å². The van der Waals surface area contributed by atoms with Crippen molar-refractivity contribution >= 4 is 39.8 Å². The summed E-state index contributed by atoms with van der Waals surface area (Å²) in [7, 11) is 4.04. The van der Waals surface area contributed by atoms with E-state index in [4.69, 9.17) is 16.6 Å². The quantitative estimate of drug-likeness (QED) is 0.698. The molecule has 1 aromatic heterocycles. The summed E-state index contributed by atoms with van der Waals surface area (Å²) in [4.78, 5) is 19.5. The van der Waals surface area contributed by atoms with Crippen LogP contribution in [0.2, 0.25) is 5.02 Å². The first-order chi connectivity index (χ1) is 12.0. The zero-order chi connectivity index (χ0) is 17.6. The third-order valence-corrected chi connectivity index (χ3v) is 4.79. The molecule has 25 heavy (non-hydrogen) atoms. The number of benzene rings is 2. The van der Waals surface area contributed by atoms with Gasteiger partial charge in [0.2, 0.25) is 0 Å². The number of halogens is 1. The Balaban J connectivity index is 1.80. The van der Waals surface area contributed by atoms with E-state index in [2.05, 4.69) is 35.2 Å². The van der Waals surface area contributed by atoms with Gasteiger partial charge in [0.05, 0.1) is 10.9 Å². The predicted octanol–water partition coefficient (Wildman–Crippen LogP) is 4.06. The lowest BCUT2D eigenvalue weighted by Gasteiger charge is -2.12. The van der Waals surface area contributed by atoms with Crippen LogP contribution in [0.25, 0.3) is 22.6 Å². The van der Waals surface area contributed by atoms with Gasteiger partial charge in [-0.2, -0.15) is 0 Å². The van der Waals surface area contributed by atoms with E-state index in [9.17, 15) is 4.79 Å². The molecule has 0 saturated heterocycles. The average molecular weight is 352 g/mol. The SMILES string of the molecule is CN(C)c1ccc(C=C2CCn3c2nc2ccc(Cl)cc2c3=O)cc1. The van der Waals surface area contributed by atoms with Gasteiger partial charge in [0.25, 0.3) is 5.56 Å². The Hall–Kier alpha value is -2.59. The van der Waals surface area contributed by atoms with Crippen molar-refractivity contribution in [2.45, 2.75) is 13.0 Å². The van der Waals surface area contributed by atoms with Crippen LogP contribution < -0.4 is 10.5 Å². The molecule has 0 saturated carbocycles. The molecule has 2 aromatic carbocycles. The molecule has 1 aliphatic heterocycles. The highest BCUT2D eigenvalue weighted by molar-refractivity contribution is 6.31. The Bertz CT molecular complexity index is 1050. The average Bonchev–Trinajstić information content (AvgIpc) is 2.99. The first kappa shape index (κ1) is 15.9. The molecule has 3 aromatic rings. The third-order valence-electron chi connectivity index (χ3n) is 4.56. The fourth-order valence-electron chi connectivity index (χ4n) is 3.20. The minimum atomic E-state index is -0.0196. The van der Waals surface area contributed by atoms with Crippen molar-refractivity contribution in [1.29, 1.82) is 0 Å². The number of allylic oxidation sites excluding steroid dienone is 1. The molecule has 1 aliphatic rings. The topological polar surface area (TPSA) is 38.1 Å². The van der Waals surface area contributed by atoms with E-state index in [0.29, 0.717) is 22.5 Å². The van der Waals surface area contributed by atoms with Crippen molar-refractivity contribution in [2.75, 3.05) is 19.0 Å². The van der Waals surface area contributed by atoms with Gasteiger partial charge in [0, 0.05) is 31.4 Å². The summed E-state index contributed by atoms with van der Waals surface area (Å²) in [6.07, 6.45) is 2.92. The molecule has 0 N–H and O–H groups in total. The van der Waals surface area contributed by atoms with Crippen LogP contribution in [0, 0.1) is 0 Å². The zero-order valence-corrected chi connectivity index (χ0v) is 14.9. The Morgan fingerprint density at radius 3 is 2.64 bits per heavy atom. The summed E-state index contributed by atoms with van der Waals surface area (Å²) in [6.45, 7) is 0.658. The van der Waals surface area contributed by atoms with Crippen LogP contribution >= 0.6 is 11.6 Å². The maximum absolute atomic E-state index is 12.7. The monoisotopic (exact) mass is 351 g/mol. The van der Waals surface area contributed by atoms with Gasteiger partial charge in [0.1, 0.15) is 5.82 Å². The summed E-state index contributed by atoms with van der Waals surface area (Å²) < 4.78 is 1.75. The summed E-state index contributed by atoms with van der Waals surface area (Å²) in [5.41, 5.74) is 4.03. The molecule has 0 aliphatic carbocycles. The number of anilines is 1. The smallest absolute Gasteiger partial charge is 0.261 e. The van der Waals surface area contributed by atoms with Gasteiger partial charge < -0.3 is 4.90 Å². The predicted molar refractivity (Wildman–Crippen MR) is 104 cm³/mol. The van der Waals surface area contributed by atoms with E-state index < -0.39 is 0 Å². The lowest BCUT2D eigenvalue weighted by molar-refractivity contribution is 0.725. The molecule has 0 fully saturated rings. The van der Waals surface area contributed by atoms with Crippen molar-refractivity contribution in [2.24, 2.45) is 0 Å². The third kappa shape index (κ3) is 2.83. The number of hydrogen-bond donors (Lipinski definition) is 0. The summed E-state index contributed by atoms with van der Waals surface area (Å²) >= 11 is 6.02. The molecule has 0 bridgehead atoms. The van der Waals surface area contributed by atoms with Gasteiger partial charge in [0.15, 0.2) is 0 Å². The van der Waals surface area contributed by atoms with Gasteiger partial charge in [-0.1, -0.05) is 23.7 Å². The fourth-order valence-corrected chi connectivity index (χ4v) is 3.37. The van der Waals surface area contributed by atoms with Crippen LogP contribution in [0.5, 0.6) is 0 Å². The van der Waals surface area contributed by atoms with Crippen LogP contribution in [0.4, 0.5) is 5.69 Å². The number of rotatable bonds is 2. The fraction of sp³-hybridized carbons (Fsp3) is 0.200. The lowest BCUT2D eigenvalue weighted by Crippen LogP contribution is -2.20. The number of fused-ring (bicyclic) bond motifs is 2. The van der Waals surface area contributed by atoms with Crippen molar-refractivity contribution in [3.05, 3.63) is 69.2 Å². The van der Waals surface area contributed by atoms with Crippen molar-refractivity contribution in [1.82, 2.24) is 9.55 Å². The summed E-state index contributed by atoms with van der Waals surface area (Å²) in [5, 5.41) is 1.13. The second-order valence-electron chi connectivity index (χ2n) is 6.46. The minimum Gasteiger partial charge on any atom is -0.378 e. The van der Waals surface area contributed by atoms with Gasteiger partial charge in [-0.3, -0.25) is 9.36 Å². The molecule has 4 rings (SSSR count). The molecular weight excluding hydrogens is 334 g/mol. The normalized spacial score (nSPS) is 14.9. The molecule has 0 spiro atoms. The standard InChI is InChI=1S/C20H18ClN3O/c1-23(2)16-6-3-13(4-7-16)11-14-9-10-24-19(14)22-18-8-5-15(21)12-17(18)20(24)25/h3-8,11-12H,9-10H2,1-2H3. The first-order valence-electron chi connectivity index (χ1n) is 8.21. The van der Waals surface area contributed by atoms with E-state index in [1.165, 1.54) is 0 Å². The van der Waals surface area contributed by atoms with Crippen molar-refractivity contribution in [3.63, 3.8) is 0 Å². The number of nitrogens with zero attached hydrogens (tertiary/aromatic N) is 3. The van der Waals surface area contributed by atoms with Crippen molar-refractivity contribution < 1.29 is 0 Å². The van der Waals surface area contributed by atoms with Gasteiger partial charge in [-0.25, -0.2) is 4.98 Å². The lowest BCUT2D eigenvalue weighted by atomic mass is 10.1. The Labute approximate surface area is 151 Å². The van der Waals surface area contributed by atoms with Crippen LogP contribution in [-0.2, 0) is 6.54 Å². The van der Waals surface area contributed by atoms with Crippen LogP contribution in [0.3, 0.4) is 0 Å². The highest BCUT2D eigenvalue weighted by Crippen LogP contribution is 2.28. The Morgan fingerprint density at radius 1 is 1.16 bits per heavy atom. The molecule has 5 heteroatoms. The molecule has 4 nitrogen and oxygen atoms in total. The summed E-state index contributed by atoms with van der Waals surface area (Å²) in [6, 6.07) is 13.6. The molecule has 0 radical (unpaired) electrons. The number of hydrogen-bond acceptors (Lipinski definition) is 3. The Kier molecular flexibility index (Phi) is 3.85. The highest BCUT2D eigenvalue weighted by atomic mass is 35.5. The molecule has 0 unspecified atom stereocenters. The molecular formula is C20H18ClN3O. The van der Waals surface area contributed by atoms with Crippen molar-refractivity contribution in [3.8, 4) is 0 Å².